The summed E-state index contributed by atoms with van der Waals surface area (Å²) in [5.74, 6) is 0.147. The average molecular weight is 230 g/mol. The first-order chi connectivity index (χ1) is 7.37. The highest BCUT2D eigenvalue weighted by molar-refractivity contribution is 5.81. The lowest BCUT2D eigenvalue weighted by Crippen LogP contribution is -2.54. The molecule has 1 atom stereocenters. The lowest BCUT2D eigenvalue weighted by atomic mass is 10.1. The molecule has 0 aliphatic heterocycles. The summed E-state index contributed by atoms with van der Waals surface area (Å²) < 4.78 is 5.11. The number of nitrogens with one attached hydrogen (secondary N) is 1. The molecule has 0 aliphatic rings. The van der Waals surface area contributed by atoms with Crippen molar-refractivity contribution in [1.29, 1.82) is 0 Å². The largest absolute Gasteiger partial charge is 0.383 e. The molecule has 0 aromatic carbocycles. The van der Waals surface area contributed by atoms with Crippen LogP contribution in [0, 0.1) is 0 Å². The van der Waals surface area contributed by atoms with Crippen molar-refractivity contribution in [3.05, 3.63) is 0 Å². The molecule has 1 N–H and O–H groups in total. The van der Waals surface area contributed by atoms with Crippen LogP contribution in [0.5, 0.6) is 0 Å². The van der Waals surface area contributed by atoms with Gasteiger partial charge in [0, 0.05) is 25.7 Å². The molecule has 4 nitrogen and oxygen atoms in total. The van der Waals surface area contributed by atoms with Crippen LogP contribution in [-0.2, 0) is 9.53 Å². The topological polar surface area (TPSA) is 41.6 Å². The highest BCUT2D eigenvalue weighted by atomic mass is 16.5. The Kier molecular flexibility index (Phi) is 6.60. The third kappa shape index (κ3) is 4.94. The van der Waals surface area contributed by atoms with Crippen molar-refractivity contribution in [2.45, 2.75) is 46.2 Å². The van der Waals surface area contributed by atoms with Crippen molar-refractivity contribution in [2.24, 2.45) is 0 Å². The van der Waals surface area contributed by atoms with Crippen LogP contribution in [0.2, 0.25) is 0 Å². The summed E-state index contributed by atoms with van der Waals surface area (Å²) in [6.45, 7) is 12.0. The molecule has 0 heterocycles. The van der Waals surface area contributed by atoms with Crippen molar-refractivity contribution in [3.8, 4) is 0 Å². The number of carbonyl (C=O) groups is 1. The van der Waals surface area contributed by atoms with Gasteiger partial charge in [0.2, 0.25) is 5.91 Å². The van der Waals surface area contributed by atoms with Crippen LogP contribution >= 0.6 is 0 Å². The number of hydrogen-bond donors (Lipinski definition) is 1. The van der Waals surface area contributed by atoms with Gasteiger partial charge in [-0.2, -0.15) is 0 Å². The zero-order valence-corrected chi connectivity index (χ0v) is 11.5. The second-order valence-corrected chi connectivity index (χ2v) is 4.69. The maximum Gasteiger partial charge on any atom is 0.239 e. The average Bonchev–Trinajstić information content (AvgIpc) is 2.18. The Balaban J connectivity index is 4.34. The van der Waals surface area contributed by atoms with Gasteiger partial charge in [-0.15, -0.1) is 0 Å². The number of nitrogens with zero attached hydrogens (tertiary/aromatic N) is 1. The third-order valence-electron chi connectivity index (χ3n) is 2.56. The minimum Gasteiger partial charge on any atom is -0.383 e. The standard InChI is InChI=1S/C12H26N2O2/c1-7-14(8-2)11(15)10(3)13-12(4,5)9-16-6/h10,13H,7-9H2,1-6H3. The predicted octanol–water partition coefficient (Wildman–Crippen LogP) is 1.26. The molecule has 0 rings (SSSR count). The van der Waals surface area contributed by atoms with Gasteiger partial charge in [0.05, 0.1) is 12.6 Å². The van der Waals surface area contributed by atoms with E-state index in [4.69, 9.17) is 4.74 Å². The summed E-state index contributed by atoms with van der Waals surface area (Å²) in [6, 6.07) is -0.176. The highest BCUT2D eigenvalue weighted by Crippen LogP contribution is 2.05. The second kappa shape index (κ2) is 6.86. The Bertz CT molecular complexity index is 213. The lowest BCUT2D eigenvalue weighted by Gasteiger charge is -2.31. The molecule has 0 aliphatic carbocycles. The van der Waals surface area contributed by atoms with Gasteiger partial charge in [0.15, 0.2) is 0 Å². The van der Waals surface area contributed by atoms with Gasteiger partial charge in [0.25, 0.3) is 0 Å². The molecule has 1 amide bonds. The van der Waals surface area contributed by atoms with Crippen molar-refractivity contribution in [3.63, 3.8) is 0 Å². The third-order valence-corrected chi connectivity index (χ3v) is 2.56. The first-order valence-electron chi connectivity index (χ1n) is 5.93. The normalized spacial score (nSPS) is 13.6. The SMILES string of the molecule is CCN(CC)C(=O)C(C)NC(C)(C)COC. The molecule has 0 bridgehead atoms. The van der Waals surface area contributed by atoms with Gasteiger partial charge in [-0.05, 0) is 34.6 Å². The molecule has 4 heteroatoms. The summed E-state index contributed by atoms with van der Waals surface area (Å²) in [4.78, 5) is 13.8. The zero-order chi connectivity index (χ0) is 12.8. The van der Waals surface area contributed by atoms with Gasteiger partial charge < -0.3 is 9.64 Å². The van der Waals surface area contributed by atoms with E-state index in [1.807, 2.05) is 39.5 Å². The molecule has 0 aromatic rings. The quantitative estimate of drug-likeness (QED) is 0.716. The van der Waals surface area contributed by atoms with Gasteiger partial charge in [-0.25, -0.2) is 0 Å². The van der Waals surface area contributed by atoms with E-state index in [0.717, 1.165) is 13.1 Å². The fourth-order valence-corrected chi connectivity index (χ4v) is 1.86. The summed E-state index contributed by atoms with van der Waals surface area (Å²) in [6.07, 6.45) is 0. The molecular weight excluding hydrogens is 204 g/mol. The van der Waals surface area contributed by atoms with Crippen molar-refractivity contribution in [2.75, 3.05) is 26.8 Å². The highest BCUT2D eigenvalue weighted by Gasteiger charge is 2.25. The van der Waals surface area contributed by atoms with Crippen LogP contribution in [0.1, 0.15) is 34.6 Å². The van der Waals surface area contributed by atoms with E-state index >= 15 is 0 Å². The van der Waals surface area contributed by atoms with Crippen LogP contribution in [-0.4, -0.2) is 49.2 Å². The maximum absolute atomic E-state index is 12.0. The van der Waals surface area contributed by atoms with E-state index in [2.05, 4.69) is 5.32 Å². The molecule has 1 unspecified atom stereocenters. The molecule has 0 aromatic heterocycles. The fraction of sp³-hybridized carbons (Fsp3) is 0.917. The van der Waals surface area contributed by atoms with E-state index in [0.29, 0.717) is 6.61 Å². The Morgan fingerprint density at radius 1 is 1.38 bits per heavy atom. The summed E-state index contributed by atoms with van der Waals surface area (Å²) in [7, 11) is 1.67. The van der Waals surface area contributed by atoms with Gasteiger partial charge in [-0.3, -0.25) is 10.1 Å². The van der Waals surface area contributed by atoms with Crippen molar-refractivity contribution >= 4 is 5.91 Å². The number of likely N-dealkylation sites (N-methyl/N-ethyl adjacent to an activating group) is 1. The van der Waals surface area contributed by atoms with E-state index in [1.165, 1.54) is 0 Å². The van der Waals surface area contributed by atoms with Crippen LogP contribution in [0.3, 0.4) is 0 Å². The molecule has 0 radical (unpaired) electrons. The van der Waals surface area contributed by atoms with Crippen LogP contribution in [0.25, 0.3) is 0 Å². The van der Waals surface area contributed by atoms with Gasteiger partial charge in [0.1, 0.15) is 0 Å². The van der Waals surface area contributed by atoms with Crippen molar-refractivity contribution in [1.82, 2.24) is 10.2 Å². The smallest absolute Gasteiger partial charge is 0.239 e. The number of amides is 1. The molecule has 96 valence electrons. The van der Waals surface area contributed by atoms with Crippen LogP contribution in [0.4, 0.5) is 0 Å². The first-order valence-corrected chi connectivity index (χ1v) is 5.93. The van der Waals surface area contributed by atoms with Gasteiger partial charge in [-0.1, -0.05) is 0 Å². The van der Waals surface area contributed by atoms with Gasteiger partial charge >= 0.3 is 0 Å². The van der Waals surface area contributed by atoms with E-state index in [9.17, 15) is 4.79 Å². The zero-order valence-electron chi connectivity index (χ0n) is 11.5. The summed E-state index contributed by atoms with van der Waals surface area (Å²) >= 11 is 0. The number of methoxy groups -OCH3 is 1. The Morgan fingerprint density at radius 3 is 2.25 bits per heavy atom. The molecule has 0 saturated heterocycles. The Hall–Kier alpha value is -0.610. The molecule has 16 heavy (non-hydrogen) atoms. The Morgan fingerprint density at radius 2 is 1.88 bits per heavy atom. The Labute approximate surface area is 99.3 Å². The lowest BCUT2D eigenvalue weighted by molar-refractivity contribution is -0.133. The summed E-state index contributed by atoms with van der Waals surface area (Å²) in [5, 5.41) is 3.29. The van der Waals surface area contributed by atoms with Crippen LogP contribution in [0.15, 0.2) is 0 Å². The minimum atomic E-state index is -0.184. The molecule has 0 saturated carbocycles. The fourth-order valence-electron chi connectivity index (χ4n) is 1.86. The number of hydrogen-bond acceptors (Lipinski definition) is 3. The second-order valence-electron chi connectivity index (χ2n) is 4.69. The monoisotopic (exact) mass is 230 g/mol. The summed E-state index contributed by atoms with van der Waals surface area (Å²) in [5.41, 5.74) is -0.184. The first kappa shape index (κ1) is 15.4. The van der Waals surface area contributed by atoms with E-state index in [-0.39, 0.29) is 17.5 Å². The molecular formula is C12H26N2O2. The number of rotatable bonds is 7. The van der Waals surface area contributed by atoms with E-state index < -0.39 is 0 Å². The predicted molar refractivity (Wildman–Crippen MR) is 66.5 cm³/mol. The molecule has 0 fully saturated rings. The number of carbonyl (C=O) groups excluding carboxylic acids is 1. The van der Waals surface area contributed by atoms with E-state index in [1.54, 1.807) is 7.11 Å². The maximum atomic E-state index is 12.0. The van der Waals surface area contributed by atoms with Crippen LogP contribution < -0.4 is 5.32 Å². The minimum absolute atomic E-state index is 0.147. The van der Waals surface area contributed by atoms with Crippen molar-refractivity contribution < 1.29 is 9.53 Å². The molecule has 0 spiro atoms. The number of ether oxygens (including phenoxy) is 1.